The Morgan fingerprint density at radius 3 is 2.95 bits per heavy atom. The summed E-state index contributed by atoms with van der Waals surface area (Å²) in [6, 6.07) is 6.80. The Hall–Kier alpha value is -2.12. The van der Waals surface area contributed by atoms with Crippen LogP contribution >= 0.6 is 0 Å². The number of hydrogen-bond acceptors (Lipinski definition) is 7. The standard InChI is InChI=1S/C14H18N4O3/c1-18-6-7-20-12(9-18)14-16-13(21-17-14)8-15-10-2-4-11(19)5-3-10/h2-5,12,15,19H,6-9H2,1H3. The highest BCUT2D eigenvalue weighted by atomic mass is 16.5. The predicted molar refractivity (Wildman–Crippen MR) is 75.9 cm³/mol. The maximum atomic E-state index is 9.22. The highest BCUT2D eigenvalue weighted by Gasteiger charge is 2.24. The number of ether oxygens (including phenoxy) is 1. The van der Waals surface area contributed by atoms with Crippen LogP contribution in [-0.2, 0) is 11.3 Å². The lowest BCUT2D eigenvalue weighted by Gasteiger charge is -2.27. The molecule has 1 aliphatic rings. The van der Waals surface area contributed by atoms with Gasteiger partial charge in [-0.3, -0.25) is 0 Å². The van der Waals surface area contributed by atoms with Gasteiger partial charge in [-0.2, -0.15) is 4.98 Å². The Balaban J connectivity index is 1.58. The van der Waals surface area contributed by atoms with E-state index in [1.54, 1.807) is 24.3 Å². The van der Waals surface area contributed by atoms with Crippen LogP contribution in [0, 0.1) is 0 Å². The van der Waals surface area contributed by atoms with Gasteiger partial charge >= 0.3 is 0 Å². The van der Waals surface area contributed by atoms with Gasteiger partial charge in [-0.05, 0) is 31.3 Å². The van der Waals surface area contributed by atoms with Crippen LogP contribution in [0.2, 0.25) is 0 Å². The summed E-state index contributed by atoms with van der Waals surface area (Å²) < 4.78 is 10.9. The van der Waals surface area contributed by atoms with Crippen molar-refractivity contribution in [1.29, 1.82) is 0 Å². The van der Waals surface area contributed by atoms with Crippen LogP contribution in [0.25, 0.3) is 0 Å². The van der Waals surface area contributed by atoms with Gasteiger partial charge in [-0.25, -0.2) is 0 Å². The van der Waals surface area contributed by atoms with E-state index in [-0.39, 0.29) is 11.9 Å². The summed E-state index contributed by atoms with van der Waals surface area (Å²) in [4.78, 5) is 6.54. The molecule has 2 heterocycles. The first-order valence-electron chi connectivity index (χ1n) is 6.86. The molecule has 3 rings (SSSR count). The molecule has 1 unspecified atom stereocenters. The van der Waals surface area contributed by atoms with Crippen molar-refractivity contribution in [1.82, 2.24) is 15.0 Å². The van der Waals surface area contributed by atoms with E-state index in [1.807, 2.05) is 7.05 Å². The average Bonchev–Trinajstić information content (AvgIpc) is 2.96. The van der Waals surface area contributed by atoms with E-state index in [0.29, 0.717) is 24.9 Å². The third kappa shape index (κ3) is 3.50. The molecular weight excluding hydrogens is 272 g/mol. The van der Waals surface area contributed by atoms with Crippen LogP contribution in [0.3, 0.4) is 0 Å². The highest BCUT2D eigenvalue weighted by Crippen LogP contribution is 2.19. The lowest BCUT2D eigenvalue weighted by Crippen LogP contribution is -2.35. The molecule has 0 bridgehead atoms. The molecule has 1 aromatic carbocycles. The van der Waals surface area contributed by atoms with E-state index < -0.39 is 0 Å². The number of morpholine rings is 1. The summed E-state index contributed by atoms with van der Waals surface area (Å²) >= 11 is 0. The Kier molecular flexibility index (Phi) is 4.03. The smallest absolute Gasteiger partial charge is 0.246 e. The first kappa shape index (κ1) is 13.8. The molecule has 0 saturated carbocycles. The van der Waals surface area contributed by atoms with Gasteiger partial charge < -0.3 is 24.6 Å². The van der Waals surface area contributed by atoms with Crippen molar-refractivity contribution in [3.63, 3.8) is 0 Å². The van der Waals surface area contributed by atoms with Gasteiger partial charge in [0.05, 0.1) is 13.2 Å². The molecule has 112 valence electrons. The summed E-state index contributed by atoms with van der Waals surface area (Å²) in [6.07, 6.45) is -0.130. The van der Waals surface area contributed by atoms with Gasteiger partial charge in [-0.15, -0.1) is 0 Å². The van der Waals surface area contributed by atoms with E-state index in [2.05, 4.69) is 20.4 Å². The highest BCUT2D eigenvalue weighted by molar-refractivity contribution is 5.45. The number of nitrogens with zero attached hydrogens (tertiary/aromatic N) is 3. The van der Waals surface area contributed by atoms with E-state index in [9.17, 15) is 5.11 Å². The Bertz CT molecular complexity index is 584. The number of likely N-dealkylation sites (N-methyl/N-ethyl adjacent to an activating group) is 1. The molecule has 2 N–H and O–H groups in total. The molecule has 7 heteroatoms. The lowest BCUT2D eigenvalue weighted by atomic mass is 10.3. The molecule has 1 saturated heterocycles. The summed E-state index contributed by atoms with van der Waals surface area (Å²) in [5.41, 5.74) is 0.876. The molecule has 0 aliphatic carbocycles. The number of phenolic OH excluding ortho intramolecular Hbond substituents is 1. The van der Waals surface area contributed by atoms with E-state index in [1.165, 1.54) is 0 Å². The van der Waals surface area contributed by atoms with Gasteiger partial charge in [0.25, 0.3) is 0 Å². The minimum absolute atomic E-state index is 0.130. The van der Waals surface area contributed by atoms with Crippen LogP contribution in [0.15, 0.2) is 28.8 Å². The number of nitrogens with one attached hydrogen (secondary N) is 1. The normalized spacial score (nSPS) is 19.6. The Morgan fingerprint density at radius 1 is 1.38 bits per heavy atom. The van der Waals surface area contributed by atoms with Crippen LogP contribution < -0.4 is 5.32 Å². The van der Waals surface area contributed by atoms with Crippen molar-refractivity contribution in [2.75, 3.05) is 32.1 Å². The van der Waals surface area contributed by atoms with Gasteiger partial charge in [0, 0.05) is 18.8 Å². The second kappa shape index (κ2) is 6.11. The number of aromatic nitrogens is 2. The quantitative estimate of drug-likeness (QED) is 0.823. The van der Waals surface area contributed by atoms with Crippen molar-refractivity contribution in [2.24, 2.45) is 0 Å². The topological polar surface area (TPSA) is 83.7 Å². The SMILES string of the molecule is CN1CCOC(c2noc(CNc3ccc(O)cc3)n2)C1. The van der Waals surface area contributed by atoms with Crippen molar-refractivity contribution >= 4 is 5.69 Å². The largest absolute Gasteiger partial charge is 0.508 e. The Labute approximate surface area is 122 Å². The Morgan fingerprint density at radius 2 is 2.19 bits per heavy atom. The molecule has 0 radical (unpaired) electrons. The zero-order chi connectivity index (χ0) is 14.7. The van der Waals surface area contributed by atoms with Crippen LogP contribution in [0.5, 0.6) is 5.75 Å². The number of benzene rings is 1. The van der Waals surface area contributed by atoms with Gasteiger partial charge in [0.15, 0.2) is 0 Å². The van der Waals surface area contributed by atoms with E-state index >= 15 is 0 Å². The summed E-state index contributed by atoms with van der Waals surface area (Å²) in [5.74, 6) is 1.33. The van der Waals surface area contributed by atoms with Gasteiger partial charge in [0.1, 0.15) is 11.9 Å². The monoisotopic (exact) mass is 290 g/mol. The maximum Gasteiger partial charge on any atom is 0.246 e. The molecule has 0 spiro atoms. The molecular formula is C14H18N4O3. The van der Waals surface area contributed by atoms with Crippen molar-refractivity contribution in [2.45, 2.75) is 12.6 Å². The second-order valence-corrected chi connectivity index (χ2v) is 5.07. The van der Waals surface area contributed by atoms with Crippen molar-refractivity contribution < 1.29 is 14.4 Å². The third-order valence-corrected chi connectivity index (χ3v) is 3.35. The molecule has 1 aromatic heterocycles. The predicted octanol–water partition coefficient (Wildman–Crippen LogP) is 1.39. The summed E-state index contributed by atoms with van der Waals surface area (Å²) in [5, 5.41) is 16.4. The van der Waals surface area contributed by atoms with Gasteiger partial charge in [0.2, 0.25) is 11.7 Å². The minimum Gasteiger partial charge on any atom is -0.508 e. The first-order valence-corrected chi connectivity index (χ1v) is 6.86. The first-order chi connectivity index (χ1) is 10.2. The lowest BCUT2D eigenvalue weighted by molar-refractivity contribution is -0.0264. The van der Waals surface area contributed by atoms with Crippen LogP contribution in [0.4, 0.5) is 5.69 Å². The maximum absolute atomic E-state index is 9.22. The van der Waals surface area contributed by atoms with E-state index in [0.717, 1.165) is 18.8 Å². The fourth-order valence-electron chi connectivity index (χ4n) is 2.16. The third-order valence-electron chi connectivity index (χ3n) is 3.35. The summed E-state index contributed by atoms with van der Waals surface area (Å²) in [6.45, 7) is 2.80. The minimum atomic E-state index is -0.130. The molecule has 0 amide bonds. The van der Waals surface area contributed by atoms with Crippen molar-refractivity contribution in [3.8, 4) is 5.75 Å². The van der Waals surface area contributed by atoms with Crippen molar-refractivity contribution in [3.05, 3.63) is 36.0 Å². The molecule has 21 heavy (non-hydrogen) atoms. The van der Waals surface area contributed by atoms with Crippen LogP contribution in [0.1, 0.15) is 17.8 Å². The molecule has 2 aromatic rings. The second-order valence-electron chi connectivity index (χ2n) is 5.07. The number of rotatable bonds is 4. The fraction of sp³-hybridized carbons (Fsp3) is 0.429. The van der Waals surface area contributed by atoms with Crippen LogP contribution in [-0.4, -0.2) is 46.9 Å². The molecule has 1 fully saturated rings. The zero-order valence-electron chi connectivity index (χ0n) is 11.8. The van der Waals surface area contributed by atoms with Gasteiger partial charge in [-0.1, -0.05) is 5.16 Å². The molecule has 1 aliphatic heterocycles. The fourth-order valence-corrected chi connectivity index (χ4v) is 2.16. The number of anilines is 1. The molecule has 7 nitrogen and oxygen atoms in total. The molecule has 1 atom stereocenters. The average molecular weight is 290 g/mol. The number of phenols is 1. The zero-order valence-corrected chi connectivity index (χ0v) is 11.8. The van der Waals surface area contributed by atoms with E-state index in [4.69, 9.17) is 9.26 Å². The number of aromatic hydroxyl groups is 1. The summed E-state index contributed by atoms with van der Waals surface area (Å²) in [7, 11) is 2.04. The number of hydrogen-bond donors (Lipinski definition) is 2.